The maximum Gasteiger partial charge on any atom is 0.410 e. The summed E-state index contributed by atoms with van der Waals surface area (Å²) in [6.45, 7) is 10.6. The standard InChI is InChI=1S/C23H30N4O5/c1-15(2)27-18(16-7-9-26(10-8-16)22(29)32-23(3,4)5)12-21(25-27)31-19-13-24-20(30-6)11-17(19)14-28/h7,11-15H,8-10H2,1-6H3. The van der Waals surface area contributed by atoms with Crippen LogP contribution in [0.4, 0.5) is 4.79 Å². The van der Waals surface area contributed by atoms with Crippen molar-refractivity contribution in [2.45, 2.75) is 52.7 Å². The van der Waals surface area contributed by atoms with E-state index in [1.54, 1.807) is 4.90 Å². The van der Waals surface area contributed by atoms with Crippen LogP contribution in [-0.2, 0) is 4.74 Å². The third-order valence-electron chi connectivity index (χ3n) is 4.82. The molecule has 2 aromatic rings. The second-order valence-corrected chi connectivity index (χ2v) is 8.80. The lowest BCUT2D eigenvalue weighted by molar-refractivity contribution is 0.0270. The molecule has 0 aromatic carbocycles. The molecule has 2 aromatic heterocycles. The van der Waals surface area contributed by atoms with Gasteiger partial charge in [0.25, 0.3) is 0 Å². The van der Waals surface area contributed by atoms with E-state index in [9.17, 15) is 9.59 Å². The smallest absolute Gasteiger partial charge is 0.410 e. The number of rotatable bonds is 6. The molecule has 0 saturated heterocycles. The Bertz CT molecular complexity index is 1020. The van der Waals surface area contributed by atoms with Crippen LogP contribution in [0.3, 0.4) is 0 Å². The fourth-order valence-electron chi connectivity index (χ4n) is 3.29. The number of hydrogen-bond donors (Lipinski definition) is 0. The number of aromatic nitrogens is 3. The predicted molar refractivity (Wildman–Crippen MR) is 119 cm³/mol. The van der Waals surface area contributed by atoms with Crippen molar-refractivity contribution in [1.29, 1.82) is 0 Å². The fraction of sp³-hybridized carbons (Fsp3) is 0.478. The Labute approximate surface area is 188 Å². The van der Waals surface area contributed by atoms with Crippen molar-refractivity contribution in [3.8, 4) is 17.5 Å². The van der Waals surface area contributed by atoms with E-state index in [1.807, 2.05) is 51.4 Å². The van der Waals surface area contributed by atoms with Gasteiger partial charge in [-0.3, -0.25) is 9.48 Å². The van der Waals surface area contributed by atoms with Crippen molar-refractivity contribution < 1.29 is 23.8 Å². The Morgan fingerprint density at radius 1 is 1.22 bits per heavy atom. The van der Waals surface area contributed by atoms with E-state index in [0.717, 1.165) is 11.3 Å². The molecule has 0 unspecified atom stereocenters. The summed E-state index contributed by atoms with van der Waals surface area (Å²) in [5, 5.41) is 4.57. The molecule has 1 amide bonds. The number of carbonyl (C=O) groups excluding carboxylic acids is 2. The first-order valence-electron chi connectivity index (χ1n) is 10.5. The average molecular weight is 443 g/mol. The molecule has 0 bridgehead atoms. The van der Waals surface area contributed by atoms with Crippen LogP contribution < -0.4 is 9.47 Å². The number of ether oxygens (including phenoxy) is 3. The first-order valence-corrected chi connectivity index (χ1v) is 10.5. The van der Waals surface area contributed by atoms with E-state index in [-0.39, 0.29) is 12.1 Å². The minimum atomic E-state index is -0.528. The van der Waals surface area contributed by atoms with Crippen molar-refractivity contribution >= 4 is 18.0 Å². The first kappa shape index (κ1) is 23.3. The predicted octanol–water partition coefficient (Wildman–Crippen LogP) is 4.50. The highest BCUT2D eigenvalue weighted by molar-refractivity contribution is 5.79. The molecule has 9 heteroatoms. The minimum absolute atomic E-state index is 0.0895. The second-order valence-electron chi connectivity index (χ2n) is 8.80. The highest BCUT2D eigenvalue weighted by Crippen LogP contribution is 2.31. The van der Waals surface area contributed by atoms with Gasteiger partial charge in [0, 0.05) is 31.3 Å². The molecule has 9 nitrogen and oxygen atoms in total. The monoisotopic (exact) mass is 442 g/mol. The summed E-state index contributed by atoms with van der Waals surface area (Å²) >= 11 is 0. The second kappa shape index (κ2) is 9.42. The van der Waals surface area contributed by atoms with Gasteiger partial charge in [-0.25, -0.2) is 9.78 Å². The summed E-state index contributed by atoms with van der Waals surface area (Å²) < 4.78 is 18.3. The first-order chi connectivity index (χ1) is 15.1. The number of methoxy groups -OCH3 is 1. The molecule has 0 aliphatic carbocycles. The molecule has 1 aliphatic rings. The fourth-order valence-corrected chi connectivity index (χ4v) is 3.29. The number of aldehydes is 1. The van der Waals surface area contributed by atoms with E-state index >= 15 is 0 Å². The van der Waals surface area contributed by atoms with E-state index < -0.39 is 5.60 Å². The lowest BCUT2D eigenvalue weighted by atomic mass is 10.0. The van der Waals surface area contributed by atoms with Gasteiger partial charge in [0.15, 0.2) is 12.0 Å². The maximum atomic E-state index is 12.3. The van der Waals surface area contributed by atoms with E-state index in [1.165, 1.54) is 19.4 Å². The Morgan fingerprint density at radius 3 is 2.53 bits per heavy atom. The van der Waals surface area contributed by atoms with Crippen LogP contribution in [0.5, 0.6) is 17.5 Å². The van der Waals surface area contributed by atoms with Crippen LogP contribution in [0.2, 0.25) is 0 Å². The van der Waals surface area contributed by atoms with Crippen LogP contribution in [0.15, 0.2) is 24.4 Å². The molecule has 0 radical (unpaired) electrons. The van der Waals surface area contributed by atoms with Crippen LogP contribution in [0, 0.1) is 0 Å². The summed E-state index contributed by atoms with van der Waals surface area (Å²) in [4.78, 5) is 29.6. The normalized spacial score (nSPS) is 14.2. The third-order valence-corrected chi connectivity index (χ3v) is 4.82. The lowest BCUT2D eigenvalue weighted by Gasteiger charge is -2.29. The van der Waals surface area contributed by atoms with Gasteiger partial charge in [-0.05, 0) is 46.6 Å². The molecular formula is C23H30N4O5. The van der Waals surface area contributed by atoms with Crippen LogP contribution >= 0.6 is 0 Å². The summed E-state index contributed by atoms with van der Waals surface area (Å²) in [5.41, 5.74) is 1.78. The summed E-state index contributed by atoms with van der Waals surface area (Å²) in [6, 6.07) is 3.44. The topological polar surface area (TPSA) is 95.8 Å². The van der Waals surface area contributed by atoms with Gasteiger partial charge in [0.2, 0.25) is 11.8 Å². The van der Waals surface area contributed by atoms with Gasteiger partial charge >= 0.3 is 6.09 Å². The zero-order chi connectivity index (χ0) is 23.5. The highest BCUT2D eigenvalue weighted by Gasteiger charge is 2.25. The highest BCUT2D eigenvalue weighted by atomic mass is 16.6. The van der Waals surface area contributed by atoms with Crippen LogP contribution in [-0.4, -0.2) is 57.8 Å². The van der Waals surface area contributed by atoms with Gasteiger partial charge < -0.3 is 19.1 Å². The zero-order valence-electron chi connectivity index (χ0n) is 19.4. The molecule has 3 rings (SSSR count). The average Bonchev–Trinajstić information content (AvgIpc) is 3.17. The number of carbonyl (C=O) groups is 2. The zero-order valence-corrected chi connectivity index (χ0v) is 19.4. The minimum Gasteiger partial charge on any atom is -0.481 e. The van der Waals surface area contributed by atoms with Crippen molar-refractivity contribution in [2.24, 2.45) is 0 Å². The quantitative estimate of drug-likeness (QED) is 0.608. The van der Waals surface area contributed by atoms with Gasteiger partial charge in [-0.1, -0.05) is 6.08 Å². The van der Waals surface area contributed by atoms with Gasteiger partial charge in [-0.2, -0.15) is 0 Å². The molecule has 3 heterocycles. The molecule has 0 fully saturated rings. The lowest BCUT2D eigenvalue weighted by Crippen LogP contribution is -2.39. The Hall–Kier alpha value is -3.36. The number of nitrogens with zero attached hydrogens (tertiary/aromatic N) is 4. The van der Waals surface area contributed by atoms with Crippen molar-refractivity contribution in [3.05, 3.63) is 35.7 Å². The molecule has 0 spiro atoms. The largest absolute Gasteiger partial charge is 0.481 e. The Balaban J connectivity index is 1.82. The molecule has 32 heavy (non-hydrogen) atoms. The third kappa shape index (κ3) is 5.46. The van der Waals surface area contributed by atoms with E-state index in [4.69, 9.17) is 14.2 Å². The number of pyridine rings is 1. The summed E-state index contributed by atoms with van der Waals surface area (Å²) in [5.74, 6) is 0.989. The Morgan fingerprint density at radius 2 is 1.97 bits per heavy atom. The Kier molecular flexibility index (Phi) is 6.86. The molecule has 0 saturated carbocycles. The summed E-state index contributed by atoms with van der Waals surface area (Å²) in [7, 11) is 1.48. The SMILES string of the molecule is COc1cc(C=O)c(Oc2cc(C3=CCN(C(=O)OC(C)(C)C)CC3)n(C(C)C)n2)cn1. The number of amides is 1. The molecular weight excluding hydrogens is 412 g/mol. The van der Waals surface area contributed by atoms with Crippen molar-refractivity contribution in [3.63, 3.8) is 0 Å². The molecule has 0 atom stereocenters. The van der Waals surface area contributed by atoms with Crippen molar-refractivity contribution in [2.75, 3.05) is 20.2 Å². The molecule has 0 N–H and O–H groups in total. The summed E-state index contributed by atoms with van der Waals surface area (Å²) in [6.07, 6.45) is 4.49. The molecule has 172 valence electrons. The molecule has 1 aliphatic heterocycles. The van der Waals surface area contributed by atoms with Crippen LogP contribution in [0.25, 0.3) is 5.57 Å². The van der Waals surface area contributed by atoms with E-state index in [2.05, 4.69) is 10.1 Å². The number of hydrogen-bond acceptors (Lipinski definition) is 7. The van der Waals surface area contributed by atoms with Gasteiger partial charge in [0.1, 0.15) is 5.60 Å². The van der Waals surface area contributed by atoms with E-state index in [0.29, 0.717) is 48.9 Å². The van der Waals surface area contributed by atoms with Gasteiger partial charge in [0.05, 0.1) is 24.6 Å². The van der Waals surface area contributed by atoms with Crippen LogP contribution in [0.1, 0.15) is 63.1 Å². The van der Waals surface area contributed by atoms with Gasteiger partial charge in [-0.15, -0.1) is 5.10 Å². The van der Waals surface area contributed by atoms with Crippen molar-refractivity contribution in [1.82, 2.24) is 19.7 Å². The maximum absolute atomic E-state index is 12.3.